The molecule has 0 spiro atoms. The van der Waals surface area contributed by atoms with Crippen molar-refractivity contribution in [2.45, 2.75) is 6.92 Å². The molecule has 0 aliphatic carbocycles. The van der Waals surface area contributed by atoms with Gasteiger partial charge in [-0.05, 0) is 24.6 Å². The van der Waals surface area contributed by atoms with Crippen molar-refractivity contribution in [1.29, 1.82) is 0 Å². The third-order valence-electron chi connectivity index (χ3n) is 2.02. The lowest BCUT2D eigenvalue weighted by atomic mass is 10.1. The first-order valence-electron chi connectivity index (χ1n) is 4.22. The summed E-state index contributed by atoms with van der Waals surface area (Å²) in [5, 5.41) is 7.44. The maximum Gasteiger partial charge on any atom is 0.247 e. The molecule has 1 aromatic heterocycles. The molecule has 0 saturated heterocycles. The van der Waals surface area contributed by atoms with Crippen LogP contribution in [0.15, 0.2) is 29.0 Å². The molecule has 72 valence electrons. The number of rotatable bonds is 2. The Balaban J connectivity index is 2.46. The van der Waals surface area contributed by atoms with E-state index in [4.69, 9.17) is 9.15 Å². The zero-order chi connectivity index (χ0) is 9.97. The third kappa shape index (κ3) is 1.46. The van der Waals surface area contributed by atoms with Crippen LogP contribution >= 0.6 is 0 Å². The fourth-order valence-electron chi connectivity index (χ4n) is 1.25. The van der Waals surface area contributed by atoms with Gasteiger partial charge in [-0.3, -0.25) is 0 Å². The van der Waals surface area contributed by atoms with Crippen molar-refractivity contribution < 1.29 is 9.15 Å². The molecule has 4 nitrogen and oxygen atoms in total. The molecular formula is C10H10N2O2. The van der Waals surface area contributed by atoms with E-state index in [9.17, 15) is 0 Å². The van der Waals surface area contributed by atoms with Gasteiger partial charge in [-0.1, -0.05) is 6.07 Å². The quantitative estimate of drug-likeness (QED) is 0.727. The first-order valence-corrected chi connectivity index (χ1v) is 4.22. The van der Waals surface area contributed by atoms with Crippen LogP contribution in [-0.4, -0.2) is 17.3 Å². The number of aromatic nitrogens is 2. The first kappa shape index (κ1) is 8.74. The first-order chi connectivity index (χ1) is 6.81. The summed E-state index contributed by atoms with van der Waals surface area (Å²) in [4.78, 5) is 0. The van der Waals surface area contributed by atoms with Crippen LogP contribution in [0.1, 0.15) is 5.56 Å². The molecular weight excluding hydrogens is 180 g/mol. The maximum absolute atomic E-state index is 5.19. The fourth-order valence-corrected chi connectivity index (χ4v) is 1.25. The van der Waals surface area contributed by atoms with Gasteiger partial charge in [0.15, 0.2) is 0 Å². The van der Waals surface area contributed by atoms with E-state index in [2.05, 4.69) is 10.2 Å². The minimum absolute atomic E-state index is 0.503. The highest BCUT2D eigenvalue weighted by atomic mass is 16.5. The number of methoxy groups -OCH3 is 1. The highest BCUT2D eigenvalue weighted by Crippen LogP contribution is 2.24. The van der Waals surface area contributed by atoms with Crippen molar-refractivity contribution in [3.8, 4) is 17.2 Å². The van der Waals surface area contributed by atoms with E-state index in [1.54, 1.807) is 7.11 Å². The highest BCUT2D eigenvalue weighted by Gasteiger charge is 2.06. The SMILES string of the molecule is COc1cc(-c2nnco2)ccc1C. The minimum atomic E-state index is 0.503. The van der Waals surface area contributed by atoms with Crippen LogP contribution in [-0.2, 0) is 0 Å². The molecule has 14 heavy (non-hydrogen) atoms. The van der Waals surface area contributed by atoms with Crippen molar-refractivity contribution in [2.24, 2.45) is 0 Å². The average Bonchev–Trinajstić information content (AvgIpc) is 2.71. The number of hydrogen-bond acceptors (Lipinski definition) is 4. The van der Waals surface area contributed by atoms with Crippen LogP contribution in [0.5, 0.6) is 5.75 Å². The zero-order valence-corrected chi connectivity index (χ0v) is 8.02. The lowest BCUT2D eigenvalue weighted by molar-refractivity contribution is 0.411. The lowest BCUT2D eigenvalue weighted by Crippen LogP contribution is -1.88. The van der Waals surface area contributed by atoms with Gasteiger partial charge in [-0.15, -0.1) is 10.2 Å². The van der Waals surface area contributed by atoms with Crippen molar-refractivity contribution in [3.63, 3.8) is 0 Å². The number of benzene rings is 1. The largest absolute Gasteiger partial charge is 0.496 e. The van der Waals surface area contributed by atoms with Gasteiger partial charge < -0.3 is 9.15 Å². The molecule has 1 aromatic carbocycles. The van der Waals surface area contributed by atoms with Crippen molar-refractivity contribution in [1.82, 2.24) is 10.2 Å². The predicted molar refractivity (Wildman–Crippen MR) is 51.0 cm³/mol. The topological polar surface area (TPSA) is 48.2 Å². The van der Waals surface area contributed by atoms with Crippen molar-refractivity contribution in [2.75, 3.05) is 7.11 Å². The van der Waals surface area contributed by atoms with Crippen LogP contribution in [0, 0.1) is 6.92 Å². The summed E-state index contributed by atoms with van der Waals surface area (Å²) in [6, 6.07) is 5.76. The zero-order valence-electron chi connectivity index (χ0n) is 8.02. The fraction of sp³-hybridized carbons (Fsp3) is 0.200. The van der Waals surface area contributed by atoms with Crippen molar-refractivity contribution >= 4 is 0 Å². The molecule has 0 amide bonds. The van der Waals surface area contributed by atoms with Gasteiger partial charge in [0.2, 0.25) is 12.3 Å². The maximum atomic E-state index is 5.19. The summed E-state index contributed by atoms with van der Waals surface area (Å²) in [5.74, 6) is 1.32. The minimum Gasteiger partial charge on any atom is -0.496 e. The second-order valence-electron chi connectivity index (χ2n) is 2.93. The molecule has 2 rings (SSSR count). The lowest BCUT2D eigenvalue weighted by Gasteiger charge is -2.04. The molecule has 4 heteroatoms. The van der Waals surface area contributed by atoms with Gasteiger partial charge in [0, 0.05) is 5.56 Å². The summed E-state index contributed by atoms with van der Waals surface area (Å²) >= 11 is 0. The number of nitrogens with zero attached hydrogens (tertiary/aromatic N) is 2. The Kier molecular flexibility index (Phi) is 2.18. The Morgan fingerprint density at radius 3 is 2.86 bits per heavy atom. The van der Waals surface area contributed by atoms with Gasteiger partial charge >= 0.3 is 0 Å². The van der Waals surface area contributed by atoms with E-state index in [0.29, 0.717) is 5.89 Å². The predicted octanol–water partition coefficient (Wildman–Crippen LogP) is 2.05. The molecule has 0 atom stereocenters. The van der Waals surface area contributed by atoms with E-state index in [0.717, 1.165) is 16.9 Å². The molecule has 0 aliphatic rings. The normalized spacial score (nSPS) is 10.1. The number of ether oxygens (including phenoxy) is 1. The van der Waals surface area contributed by atoms with Gasteiger partial charge in [0.1, 0.15) is 5.75 Å². The summed E-state index contributed by atoms with van der Waals surface area (Å²) in [6.07, 6.45) is 1.31. The van der Waals surface area contributed by atoms with Gasteiger partial charge in [-0.25, -0.2) is 0 Å². The van der Waals surface area contributed by atoms with E-state index in [-0.39, 0.29) is 0 Å². The van der Waals surface area contributed by atoms with E-state index >= 15 is 0 Å². The Hall–Kier alpha value is -1.84. The molecule has 0 unspecified atom stereocenters. The molecule has 0 radical (unpaired) electrons. The third-order valence-corrected chi connectivity index (χ3v) is 2.02. The Labute approximate surface area is 81.5 Å². The Morgan fingerprint density at radius 1 is 1.36 bits per heavy atom. The molecule has 0 fully saturated rings. The van der Waals surface area contributed by atoms with Gasteiger partial charge in [0.05, 0.1) is 7.11 Å². The summed E-state index contributed by atoms with van der Waals surface area (Å²) in [6.45, 7) is 1.98. The van der Waals surface area contributed by atoms with E-state index in [1.807, 2.05) is 25.1 Å². The monoisotopic (exact) mass is 190 g/mol. The summed E-state index contributed by atoms with van der Waals surface area (Å²) in [5.41, 5.74) is 1.95. The van der Waals surface area contributed by atoms with Gasteiger partial charge in [-0.2, -0.15) is 0 Å². The standard InChI is InChI=1S/C10H10N2O2/c1-7-3-4-8(5-9(7)13-2)10-12-11-6-14-10/h3-6H,1-2H3. The van der Waals surface area contributed by atoms with Crippen LogP contribution in [0.4, 0.5) is 0 Å². The second kappa shape index (κ2) is 3.49. The number of aryl methyl sites for hydroxylation is 1. The molecule has 2 aromatic rings. The summed E-state index contributed by atoms with van der Waals surface area (Å²) in [7, 11) is 1.64. The smallest absolute Gasteiger partial charge is 0.247 e. The highest BCUT2D eigenvalue weighted by molar-refractivity contribution is 5.57. The van der Waals surface area contributed by atoms with Crippen LogP contribution in [0.2, 0.25) is 0 Å². The van der Waals surface area contributed by atoms with Crippen LogP contribution in [0.25, 0.3) is 11.5 Å². The van der Waals surface area contributed by atoms with Crippen LogP contribution < -0.4 is 4.74 Å². The second-order valence-corrected chi connectivity index (χ2v) is 2.93. The molecule has 0 N–H and O–H groups in total. The molecule has 0 saturated carbocycles. The number of hydrogen-bond donors (Lipinski definition) is 0. The molecule has 0 bridgehead atoms. The van der Waals surface area contributed by atoms with E-state index in [1.165, 1.54) is 6.39 Å². The van der Waals surface area contributed by atoms with Crippen molar-refractivity contribution in [3.05, 3.63) is 30.2 Å². The van der Waals surface area contributed by atoms with E-state index < -0.39 is 0 Å². The van der Waals surface area contributed by atoms with Gasteiger partial charge in [0.25, 0.3) is 0 Å². The summed E-state index contributed by atoms with van der Waals surface area (Å²) < 4.78 is 10.3. The Bertz CT molecular complexity index is 424. The average molecular weight is 190 g/mol. The van der Waals surface area contributed by atoms with Crippen LogP contribution in [0.3, 0.4) is 0 Å². The molecule has 1 heterocycles. The molecule has 0 aliphatic heterocycles. The Morgan fingerprint density at radius 2 is 2.21 bits per heavy atom.